The number of hydrogen-bond donors (Lipinski definition) is 2. The highest BCUT2D eigenvalue weighted by Gasteiger charge is 2.02. The van der Waals surface area contributed by atoms with E-state index in [1.165, 1.54) is 3.57 Å². The Hall–Kier alpha value is -0.230. The number of rotatable bonds is 2. The Morgan fingerprint density at radius 3 is 2.85 bits per heavy atom. The van der Waals surface area contributed by atoms with E-state index in [0.717, 1.165) is 11.3 Å². The van der Waals surface area contributed by atoms with Crippen LogP contribution in [0, 0.1) is 10.5 Å². The minimum absolute atomic E-state index is 0.0763. The highest BCUT2D eigenvalue weighted by molar-refractivity contribution is 14.1. The summed E-state index contributed by atoms with van der Waals surface area (Å²) in [5, 5.41) is 2.77. The van der Waals surface area contributed by atoms with Crippen LogP contribution in [-0.2, 0) is 4.79 Å². The Kier molecular flexibility index (Phi) is 4.05. The molecule has 0 atom stereocenters. The van der Waals surface area contributed by atoms with Crippen molar-refractivity contribution in [3.63, 3.8) is 0 Å². The first-order valence-electron chi connectivity index (χ1n) is 3.80. The van der Waals surface area contributed by atoms with Gasteiger partial charge in [-0.25, -0.2) is 0 Å². The molecule has 13 heavy (non-hydrogen) atoms. The molecule has 0 saturated carbocycles. The van der Waals surface area contributed by atoms with Crippen molar-refractivity contribution in [2.75, 3.05) is 11.1 Å². The highest BCUT2D eigenvalue weighted by atomic mass is 127. The maximum Gasteiger partial charge on any atom is 0.234 e. The van der Waals surface area contributed by atoms with Crippen LogP contribution in [0.15, 0.2) is 18.2 Å². The van der Waals surface area contributed by atoms with Gasteiger partial charge in [0, 0.05) is 9.26 Å². The average molecular weight is 307 g/mol. The van der Waals surface area contributed by atoms with Gasteiger partial charge in [-0.15, -0.1) is 0 Å². The molecule has 0 aliphatic rings. The van der Waals surface area contributed by atoms with Gasteiger partial charge in [0.25, 0.3) is 0 Å². The number of carbonyl (C=O) groups is 1. The van der Waals surface area contributed by atoms with E-state index < -0.39 is 0 Å². The molecule has 1 amide bonds. The zero-order chi connectivity index (χ0) is 9.84. The second-order valence-electron chi connectivity index (χ2n) is 2.67. The molecule has 0 aromatic heterocycles. The molecule has 0 aliphatic carbocycles. The van der Waals surface area contributed by atoms with Gasteiger partial charge in [0.15, 0.2) is 0 Å². The van der Waals surface area contributed by atoms with E-state index in [1.54, 1.807) is 0 Å². The number of carbonyl (C=O) groups excluding carboxylic acids is 1. The second kappa shape index (κ2) is 4.85. The van der Waals surface area contributed by atoms with E-state index in [1.807, 2.05) is 25.1 Å². The molecule has 0 radical (unpaired) electrons. The van der Waals surface area contributed by atoms with Gasteiger partial charge in [-0.2, -0.15) is 12.6 Å². The largest absolute Gasteiger partial charge is 0.325 e. The van der Waals surface area contributed by atoms with Gasteiger partial charge in [0.05, 0.1) is 5.75 Å². The Bertz CT molecular complexity index is 327. The monoisotopic (exact) mass is 307 g/mol. The number of aryl methyl sites for hydroxylation is 1. The summed E-state index contributed by atoms with van der Waals surface area (Å²) in [5.74, 6) is 0.137. The predicted octanol–water partition coefficient (Wildman–Crippen LogP) is 2.47. The zero-order valence-electron chi connectivity index (χ0n) is 7.17. The van der Waals surface area contributed by atoms with Crippen LogP contribution in [0.25, 0.3) is 0 Å². The molecule has 0 heterocycles. The molecule has 1 N–H and O–H groups in total. The van der Waals surface area contributed by atoms with Crippen LogP contribution in [0.5, 0.6) is 0 Å². The van der Waals surface area contributed by atoms with Crippen molar-refractivity contribution in [1.29, 1.82) is 0 Å². The van der Waals surface area contributed by atoms with Crippen molar-refractivity contribution < 1.29 is 4.79 Å². The summed E-state index contributed by atoms with van der Waals surface area (Å²) in [6.07, 6.45) is 0. The normalized spacial score (nSPS) is 9.77. The first-order chi connectivity index (χ1) is 6.13. The molecule has 0 aliphatic heterocycles. The van der Waals surface area contributed by atoms with E-state index in [4.69, 9.17) is 0 Å². The smallest absolute Gasteiger partial charge is 0.234 e. The maximum absolute atomic E-state index is 11.0. The van der Waals surface area contributed by atoms with Gasteiger partial charge in [-0.1, -0.05) is 0 Å². The molecule has 1 aromatic rings. The van der Waals surface area contributed by atoms with Crippen LogP contribution in [-0.4, -0.2) is 11.7 Å². The summed E-state index contributed by atoms with van der Waals surface area (Å²) < 4.78 is 1.17. The second-order valence-corrected chi connectivity index (χ2v) is 4.23. The molecule has 0 bridgehead atoms. The molecule has 2 nitrogen and oxygen atoms in total. The van der Waals surface area contributed by atoms with Gasteiger partial charge in [-0.05, 0) is 53.3 Å². The van der Waals surface area contributed by atoms with Crippen LogP contribution in [0.4, 0.5) is 5.69 Å². The molecule has 0 spiro atoms. The number of benzene rings is 1. The first kappa shape index (κ1) is 10.8. The quantitative estimate of drug-likeness (QED) is 0.638. The Morgan fingerprint density at radius 2 is 2.31 bits per heavy atom. The Morgan fingerprint density at radius 1 is 1.62 bits per heavy atom. The number of thiol groups is 1. The van der Waals surface area contributed by atoms with E-state index in [9.17, 15) is 4.79 Å². The van der Waals surface area contributed by atoms with E-state index in [-0.39, 0.29) is 11.7 Å². The standard InChI is InChI=1S/C9H10INOS/c1-6-4-7(10)2-3-8(6)11-9(12)5-13/h2-4,13H,5H2,1H3,(H,11,12). The fourth-order valence-electron chi connectivity index (χ4n) is 0.957. The van der Waals surface area contributed by atoms with Crippen LogP contribution in [0.1, 0.15) is 5.56 Å². The van der Waals surface area contributed by atoms with Gasteiger partial charge in [0.1, 0.15) is 0 Å². The molecule has 0 saturated heterocycles. The van der Waals surface area contributed by atoms with E-state index in [0.29, 0.717) is 0 Å². The third-order valence-corrected chi connectivity index (χ3v) is 2.56. The fourth-order valence-corrected chi connectivity index (χ4v) is 1.68. The lowest BCUT2D eigenvalue weighted by atomic mass is 10.2. The predicted molar refractivity (Wildman–Crippen MR) is 66.4 cm³/mol. The number of amides is 1. The lowest BCUT2D eigenvalue weighted by molar-refractivity contribution is -0.113. The van der Waals surface area contributed by atoms with Crippen molar-refractivity contribution in [3.8, 4) is 0 Å². The Labute approximate surface area is 96.7 Å². The average Bonchev–Trinajstić information content (AvgIpc) is 2.09. The number of anilines is 1. The summed E-state index contributed by atoms with van der Waals surface area (Å²) >= 11 is 6.12. The van der Waals surface area contributed by atoms with Crippen molar-refractivity contribution in [2.45, 2.75) is 6.92 Å². The van der Waals surface area contributed by atoms with Crippen molar-refractivity contribution in [3.05, 3.63) is 27.3 Å². The third-order valence-electron chi connectivity index (χ3n) is 1.61. The maximum atomic E-state index is 11.0. The highest BCUT2D eigenvalue weighted by Crippen LogP contribution is 2.17. The van der Waals surface area contributed by atoms with Crippen LogP contribution < -0.4 is 5.32 Å². The van der Waals surface area contributed by atoms with Crippen LogP contribution in [0.2, 0.25) is 0 Å². The Balaban J connectivity index is 2.83. The number of halogens is 1. The molecule has 70 valence electrons. The van der Waals surface area contributed by atoms with Crippen LogP contribution in [0.3, 0.4) is 0 Å². The van der Waals surface area contributed by atoms with Crippen molar-refractivity contribution >= 4 is 46.8 Å². The molecule has 0 fully saturated rings. The summed E-state index contributed by atoms with van der Waals surface area (Å²) in [7, 11) is 0. The first-order valence-corrected chi connectivity index (χ1v) is 5.51. The van der Waals surface area contributed by atoms with E-state index >= 15 is 0 Å². The molecule has 0 unspecified atom stereocenters. The molecular formula is C9H10INOS. The van der Waals surface area contributed by atoms with Crippen molar-refractivity contribution in [2.24, 2.45) is 0 Å². The third kappa shape index (κ3) is 3.19. The molecule has 1 aromatic carbocycles. The molecule has 1 rings (SSSR count). The van der Waals surface area contributed by atoms with Gasteiger partial charge in [-0.3, -0.25) is 4.79 Å². The lowest BCUT2D eigenvalue weighted by Crippen LogP contribution is -2.13. The zero-order valence-corrected chi connectivity index (χ0v) is 10.2. The number of nitrogens with one attached hydrogen (secondary N) is 1. The number of hydrogen-bond acceptors (Lipinski definition) is 2. The topological polar surface area (TPSA) is 29.1 Å². The summed E-state index contributed by atoms with van der Waals surface area (Å²) in [4.78, 5) is 11.0. The van der Waals surface area contributed by atoms with E-state index in [2.05, 4.69) is 40.5 Å². The SMILES string of the molecule is Cc1cc(I)ccc1NC(=O)CS. The van der Waals surface area contributed by atoms with Gasteiger partial charge in [0.2, 0.25) is 5.91 Å². The summed E-state index contributed by atoms with van der Waals surface area (Å²) in [6, 6.07) is 5.88. The molecular weight excluding hydrogens is 297 g/mol. The minimum Gasteiger partial charge on any atom is -0.325 e. The fraction of sp³-hybridized carbons (Fsp3) is 0.222. The van der Waals surface area contributed by atoms with Gasteiger partial charge < -0.3 is 5.32 Å². The van der Waals surface area contributed by atoms with Crippen LogP contribution >= 0.6 is 35.2 Å². The van der Waals surface area contributed by atoms with Crippen molar-refractivity contribution in [1.82, 2.24) is 0 Å². The van der Waals surface area contributed by atoms with Gasteiger partial charge >= 0.3 is 0 Å². The summed E-state index contributed by atoms with van der Waals surface area (Å²) in [5.41, 5.74) is 1.93. The summed E-state index contributed by atoms with van der Waals surface area (Å²) in [6.45, 7) is 1.97. The molecule has 4 heteroatoms. The lowest BCUT2D eigenvalue weighted by Gasteiger charge is -2.06. The minimum atomic E-state index is -0.0763.